The fourth-order valence-electron chi connectivity index (χ4n) is 0.661. The predicted octanol–water partition coefficient (Wildman–Crippen LogP) is -1.00. The van der Waals surface area contributed by atoms with Crippen LogP contribution < -0.4 is 16.7 Å². The summed E-state index contributed by atoms with van der Waals surface area (Å²) in [6, 6.07) is 2.55. The van der Waals surface area contributed by atoms with E-state index in [1.165, 1.54) is 6.07 Å². The number of halogens is 1. The van der Waals surface area contributed by atoms with Crippen LogP contribution in [-0.2, 0) is 0 Å². The van der Waals surface area contributed by atoms with Crippen molar-refractivity contribution in [1.29, 1.82) is 0 Å². The van der Waals surface area contributed by atoms with Crippen LogP contribution in [0.5, 0.6) is 0 Å². The Morgan fingerprint density at radius 2 is 1.90 bits per heavy atom. The van der Waals surface area contributed by atoms with Crippen LogP contribution in [0.15, 0.2) is 12.1 Å². The molecule has 0 unspecified atom stereocenters. The summed E-state index contributed by atoms with van der Waals surface area (Å²) in [6.45, 7) is 0. The fraction of sp³-hybridized carbons (Fsp3) is 0. The first-order chi connectivity index (χ1) is 4.61. The second kappa shape index (κ2) is 2.37. The molecule has 0 amide bonds. The van der Waals surface area contributed by atoms with Gasteiger partial charge in [-0.1, -0.05) is 17.0 Å². The zero-order chi connectivity index (χ0) is 7.72. The van der Waals surface area contributed by atoms with Crippen LogP contribution in [0.2, 0.25) is 0 Å². The van der Waals surface area contributed by atoms with E-state index in [9.17, 15) is 4.39 Å². The smallest absolute Gasteiger partial charge is 0.144 e. The van der Waals surface area contributed by atoms with Crippen LogP contribution in [0.4, 0.5) is 10.1 Å². The molecule has 2 N–H and O–H groups in total. The fourth-order valence-corrected chi connectivity index (χ4v) is 0.661. The molecule has 0 atom stereocenters. The van der Waals surface area contributed by atoms with E-state index in [2.05, 4.69) is 0 Å². The molecule has 0 heterocycles. The number of nitrogens with two attached hydrogens (primary N) is 1. The van der Waals surface area contributed by atoms with Gasteiger partial charge in [0.2, 0.25) is 0 Å². The average Bonchev–Trinajstić information content (AvgIpc) is 1.82. The lowest BCUT2D eigenvalue weighted by atomic mass is 9.86. The monoisotopic (exact) mass is 131 g/mol. The largest absolute Gasteiger partial charge is 0.397 e. The number of anilines is 1. The van der Waals surface area contributed by atoms with E-state index in [-0.39, 0.29) is 16.6 Å². The van der Waals surface area contributed by atoms with Crippen molar-refractivity contribution in [1.82, 2.24) is 0 Å². The molecule has 0 saturated carbocycles. The van der Waals surface area contributed by atoms with Gasteiger partial charge in [0.05, 0.1) is 5.69 Å². The van der Waals surface area contributed by atoms with Crippen molar-refractivity contribution >= 4 is 32.3 Å². The van der Waals surface area contributed by atoms with Crippen LogP contribution in [0, 0.1) is 5.82 Å². The van der Waals surface area contributed by atoms with Gasteiger partial charge in [-0.25, -0.2) is 4.39 Å². The van der Waals surface area contributed by atoms with Crippen LogP contribution in [0.25, 0.3) is 0 Å². The third-order valence-electron chi connectivity index (χ3n) is 1.18. The third kappa shape index (κ3) is 1.15. The van der Waals surface area contributed by atoms with Crippen molar-refractivity contribution in [3.05, 3.63) is 17.9 Å². The SMILES string of the molecule is [B]c1cc([B])c(N)c(F)c1. The minimum atomic E-state index is -0.572. The first-order valence-electron chi connectivity index (χ1n) is 2.71. The summed E-state index contributed by atoms with van der Waals surface area (Å²) in [5.41, 5.74) is 5.61. The van der Waals surface area contributed by atoms with E-state index in [0.29, 0.717) is 0 Å². The van der Waals surface area contributed by atoms with E-state index in [1.807, 2.05) is 0 Å². The van der Waals surface area contributed by atoms with E-state index in [0.717, 1.165) is 6.07 Å². The summed E-state index contributed by atoms with van der Waals surface area (Å²) in [6.07, 6.45) is 0. The van der Waals surface area contributed by atoms with Gasteiger partial charge in [-0.3, -0.25) is 0 Å². The Hall–Kier alpha value is -0.920. The topological polar surface area (TPSA) is 26.0 Å². The molecule has 1 aromatic rings. The molecular weight excluding hydrogens is 127 g/mol. The van der Waals surface area contributed by atoms with Crippen molar-refractivity contribution in [3.63, 3.8) is 0 Å². The summed E-state index contributed by atoms with van der Waals surface area (Å²) in [4.78, 5) is 0. The highest BCUT2D eigenvalue weighted by molar-refractivity contribution is 6.40. The maximum atomic E-state index is 12.6. The highest BCUT2D eigenvalue weighted by atomic mass is 19.1. The molecule has 4 heteroatoms. The Morgan fingerprint density at radius 1 is 1.30 bits per heavy atom. The van der Waals surface area contributed by atoms with E-state index >= 15 is 0 Å². The van der Waals surface area contributed by atoms with Crippen molar-refractivity contribution < 1.29 is 4.39 Å². The first-order valence-corrected chi connectivity index (χ1v) is 2.71. The Balaban J connectivity index is 3.31. The Kier molecular flexibility index (Phi) is 1.70. The van der Waals surface area contributed by atoms with Gasteiger partial charge < -0.3 is 5.73 Å². The Morgan fingerprint density at radius 3 is 2.40 bits per heavy atom. The van der Waals surface area contributed by atoms with Crippen molar-refractivity contribution in [3.8, 4) is 0 Å². The zero-order valence-corrected chi connectivity index (χ0v) is 5.26. The number of nitrogen functional groups attached to an aromatic ring is 1. The molecule has 0 aliphatic rings. The van der Waals surface area contributed by atoms with Gasteiger partial charge in [-0.05, 0) is 6.07 Å². The van der Waals surface area contributed by atoms with Gasteiger partial charge in [0.25, 0.3) is 0 Å². The molecule has 4 radical (unpaired) electrons. The molecule has 0 bridgehead atoms. The zero-order valence-electron chi connectivity index (χ0n) is 5.26. The second-order valence-corrected chi connectivity index (χ2v) is 2.01. The van der Waals surface area contributed by atoms with Gasteiger partial charge >= 0.3 is 0 Å². The summed E-state index contributed by atoms with van der Waals surface area (Å²) in [7, 11) is 10.5. The van der Waals surface area contributed by atoms with Gasteiger partial charge in [0.15, 0.2) is 0 Å². The maximum absolute atomic E-state index is 12.6. The minimum absolute atomic E-state index is 0.0470. The highest BCUT2D eigenvalue weighted by Gasteiger charge is 1.99. The summed E-state index contributed by atoms with van der Waals surface area (Å²) < 4.78 is 12.6. The lowest BCUT2D eigenvalue weighted by Gasteiger charge is -2.02. The average molecular weight is 131 g/mol. The van der Waals surface area contributed by atoms with Crippen LogP contribution in [0.3, 0.4) is 0 Å². The number of rotatable bonds is 0. The van der Waals surface area contributed by atoms with Gasteiger partial charge in [-0.2, -0.15) is 0 Å². The van der Waals surface area contributed by atoms with Crippen molar-refractivity contribution in [2.24, 2.45) is 0 Å². The predicted molar refractivity (Wildman–Crippen MR) is 41.6 cm³/mol. The molecule has 1 rings (SSSR count). The van der Waals surface area contributed by atoms with Crippen molar-refractivity contribution in [2.45, 2.75) is 0 Å². The van der Waals surface area contributed by atoms with E-state index in [1.54, 1.807) is 0 Å². The molecule has 1 nitrogen and oxygen atoms in total. The second-order valence-electron chi connectivity index (χ2n) is 2.01. The number of hydrogen-bond acceptors (Lipinski definition) is 1. The molecular formula is C6H4B2FN. The molecule has 10 heavy (non-hydrogen) atoms. The Labute approximate surface area is 61.2 Å². The van der Waals surface area contributed by atoms with Gasteiger partial charge in [0.1, 0.15) is 21.5 Å². The molecule has 0 aromatic heterocycles. The number of benzene rings is 1. The van der Waals surface area contributed by atoms with Gasteiger partial charge in [-0.15, -0.1) is 0 Å². The quantitative estimate of drug-likeness (QED) is 0.354. The summed E-state index contributed by atoms with van der Waals surface area (Å²) in [5, 5.41) is 0. The normalized spacial score (nSPS) is 9.70. The standard InChI is InChI=1S/C6H4B2FN/c7-3-1-4(8)6(10)5(9)2-3/h1-2H,10H2. The number of hydrogen-bond donors (Lipinski definition) is 1. The van der Waals surface area contributed by atoms with Crippen molar-refractivity contribution in [2.75, 3.05) is 5.73 Å². The van der Waals surface area contributed by atoms with Crippen LogP contribution >= 0.6 is 0 Å². The lowest BCUT2D eigenvalue weighted by Crippen LogP contribution is -2.19. The van der Waals surface area contributed by atoms with Crippen LogP contribution in [0.1, 0.15) is 0 Å². The minimum Gasteiger partial charge on any atom is -0.397 e. The first kappa shape index (κ1) is 7.19. The van der Waals surface area contributed by atoms with E-state index < -0.39 is 5.82 Å². The molecule has 46 valence electrons. The molecule has 1 aromatic carbocycles. The molecule has 0 spiro atoms. The Bertz CT molecular complexity index is 239. The molecule has 0 saturated heterocycles. The van der Waals surface area contributed by atoms with E-state index in [4.69, 9.17) is 21.4 Å². The maximum Gasteiger partial charge on any atom is 0.144 e. The molecule has 0 aliphatic carbocycles. The summed E-state index contributed by atoms with van der Waals surface area (Å²) in [5.74, 6) is -0.572. The third-order valence-corrected chi connectivity index (χ3v) is 1.18. The highest BCUT2D eigenvalue weighted by Crippen LogP contribution is 2.01. The van der Waals surface area contributed by atoms with Crippen LogP contribution in [-0.4, -0.2) is 15.7 Å². The van der Waals surface area contributed by atoms with Gasteiger partial charge in [0, 0.05) is 0 Å². The molecule has 0 fully saturated rings. The lowest BCUT2D eigenvalue weighted by molar-refractivity contribution is 0.634. The molecule has 0 aliphatic heterocycles. The summed E-state index contributed by atoms with van der Waals surface area (Å²) >= 11 is 0.